The SMILES string of the molecule is Cc1ccccc1.Cc1ccccc1.NC(=S)OCc1ccccc1.NC(=S)OCc1ccccc1. The molecule has 36 heavy (non-hydrogen) atoms. The Bertz CT molecular complexity index is 1000. The number of rotatable bonds is 4. The van der Waals surface area contributed by atoms with E-state index in [1.54, 1.807) is 0 Å². The van der Waals surface area contributed by atoms with Crippen LogP contribution in [0.3, 0.4) is 0 Å². The molecule has 4 N–H and O–H groups in total. The highest BCUT2D eigenvalue weighted by Gasteiger charge is 1.92. The minimum atomic E-state index is 0.0915. The molecular formula is C30H34N2O2S2. The average molecular weight is 519 g/mol. The Balaban J connectivity index is 0.000000245. The van der Waals surface area contributed by atoms with Gasteiger partial charge in [-0.25, -0.2) is 0 Å². The second-order valence-corrected chi connectivity index (χ2v) is 8.30. The fourth-order valence-electron chi connectivity index (χ4n) is 2.53. The van der Waals surface area contributed by atoms with Gasteiger partial charge >= 0.3 is 0 Å². The minimum Gasteiger partial charge on any atom is -0.466 e. The number of nitrogens with two attached hydrogens (primary N) is 2. The summed E-state index contributed by atoms with van der Waals surface area (Å²) < 4.78 is 9.87. The first-order valence-electron chi connectivity index (χ1n) is 11.3. The quantitative estimate of drug-likeness (QED) is 0.287. The van der Waals surface area contributed by atoms with Crippen molar-refractivity contribution in [3.63, 3.8) is 0 Å². The van der Waals surface area contributed by atoms with Crippen molar-refractivity contribution in [2.45, 2.75) is 27.1 Å². The summed E-state index contributed by atoms with van der Waals surface area (Å²) in [7, 11) is 0. The fourth-order valence-corrected chi connectivity index (χ4v) is 2.64. The molecule has 4 nitrogen and oxygen atoms in total. The summed E-state index contributed by atoms with van der Waals surface area (Å²) in [6, 6.07) is 40.0. The first-order chi connectivity index (χ1) is 17.4. The highest BCUT2D eigenvalue weighted by atomic mass is 32.1. The molecule has 4 aromatic rings. The van der Waals surface area contributed by atoms with Gasteiger partial charge in [0, 0.05) is 0 Å². The van der Waals surface area contributed by atoms with Gasteiger partial charge in [-0.15, -0.1) is 0 Å². The van der Waals surface area contributed by atoms with Crippen molar-refractivity contribution in [2.75, 3.05) is 0 Å². The molecule has 0 aliphatic carbocycles. The number of hydrogen-bond donors (Lipinski definition) is 2. The van der Waals surface area contributed by atoms with Crippen molar-refractivity contribution in [1.82, 2.24) is 0 Å². The Labute approximate surface area is 225 Å². The molecule has 0 aromatic heterocycles. The molecule has 188 valence electrons. The maximum Gasteiger partial charge on any atom is 0.254 e. The van der Waals surface area contributed by atoms with E-state index in [-0.39, 0.29) is 10.3 Å². The lowest BCUT2D eigenvalue weighted by atomic mass is 10.2. The lowest BCUT2D eigenvalue weighted by molar-refractivity contribution is 0.296. The van der Waals surface area contributed by atoms with E-state index in [0.29, 0.717) is 13.2 Å². The maximum atomic E-state index is 5.15. The molecule has 0 aliphatic rings. The highest BCUT2D eigenvalue weighted by Crippen LogP contribution is 2.00. The van der Waals surface area contributed by atoms with Crippen LogP contribution in [0.1, 0.15) is 22.3 Å². The molecule has 0 radical (unpaired) electrons. The van der Waals surface area contributed by atoms with Crippen molar-refractivity contribution in [2.24, 2.45) is 11.5 Å². The van der Waals surface area contributed by atoms with Crippen molar-refractivity contribution in [3.8, 4) is 0 Å². The molecule has 0 atom stereocenters. The van der Waals surface area contributed by atoms with Crippen molar-refractivity contribution in [3.05, 3.63) is 144 Å². The molecule has 0 unspecified atom stereocenters. The molecule has 0 amide bonds. The topological polar surface area (TPSA) is 70.5 Å². The van der Waals surface area contributed by atoms with Gasteiger partial charge in [-0.3, -0.25) is 0 Å². The minimum absolute atomic E-state index is 0.0915. The number of benzene rings is 4. The fraction of sp³-hybridized carbons (Fsp3) is 0.133. The van der Waals surface area contributed by atoms with Gasteiger partial charge in [0.2, 0.25) is 0 Å². The van der Waals surface area contributed by atoms with E-state index in [9.17, 15) is 0 Å². The van der Waals surface area contributed by atoms with Crippen LogP contribution in [0, 0.1) is 13.8 Å². The number of thiocarbonyl (C=S) groups is 2. The van der Waals surface area contributed by atoms with Gasteiger partial charge < -0.3 is 20.9 Å². The zero-order valence-electron chi connectivity index (χ0n) is 20.7. The van der Waals surface area contributed by atoms with Crippen LogP contribution in [-0.2, 0) is 22.7 Å². The second kappa shape index (κ2) is 19.6. The van der Waals surface area contributed by atoms with Crippen LogP contribution in [-0.4, -0.2) is 10.3 Å². The molecule has 0 spiro atoms. The largest absolute Gasteiger partial charge is 0.466 e. The summed E-state index contributed by atoms with van der Waals surface area (Å²) in [4.78, 5) is 0. The molecule has 6 heteroatoms. The van der Waals surface area contributed by atoms with Crippen molar-refractivity contribution < 1.29 is 9.47 Å². The van der Waals surface area contributed by atoms with Gasteiger partial charge in [-0.05, 0) is 49.4 Å². The predicted molar refractivity (Wildman–Crippen MR) is 158 cm³/mol. The Morgan fingerprint density at radius 2 is 0.750 bits per heavy atom. The molecule has 0 bridgehead atoms. The summed E-state index contributed by atoms with van der Waals surface area (Å²) in [6.07, 6.45) is 0. The van der Waals surface area contributed by atoms with E-state index in [0.717, 1.165) is 11.1 Å². The molecule has 0 saturated heterocycles. The van der Waals surface area contributed by atoms with Gasteiger partial charge in [-0.1, -0.05) is 132 Å². The third kappa shape index (κ3) is 17.7. The Morgan fingerprint density at radius 1 is 0.500 bits per heavy atom. The van der Waals surface area contributed by atoms with Gasteiger partial charge in [0.15, 0.2) is 0 Å². The first-order valence-corrected chi connectivity index (χ1v) is 12.1. The zero-order valence-corrected chi connectivity index (χ0v) is 22.4. The average Bonchev–Trinajstić information content (AvgIpc) is 2.90. The normalized spacial score (nSPS) is 8.94. The summed E-state index contributed by atoms with van der Waals surface area (Å²) in [6.45, 7) is 5.08. The van der Waals surface area contributed by atoms with Crippen LogP contribution in [0.5, 0.6) is 0 Å². The van der Waals surface area contributed by atoms with Crippen LogP contribution in [0.4, 0.5) is 0 Å². The third-order valence-corrected chi connectivity index (χ3v) is 4.56. The van der Waals surface area contributed by atoms with E-state index in [1.807, 2.05) is 97.1 Å². The number of ether oxygens (including phenoxy) is 2. The van der Waals surface area contributed by atoms with Crippen LogP contribution < -0.4 is 11.5 Å². The van der Waals surface area contributed by atoms with Gasteiger partial charge in [0.05, 0.1) is 0 Å². The molecule has 0 saturated carbocycles. The molecule has 4 rings (SSSR count). The predicted octanol–water partition coefficient (Wildman–Crippen LogP) is 6.88. The van der Waals surface area contributed by atoms with Gasteiger partial charge in [0.1, 0.15) is 13.2 Å². The standard InChI is InChI=1S/2C8H9NOS.2C7H8/c2*9-8(11)10-6-7-4-2-1-3-5-7;2*1-7-5-3-2-4-6-7/h2*1-5H,6H2,(H2,9,11);2*2-6H,1H3. The van der Waals surface area contributed by atoms with Crippen LogP contribution in [0.25, 0.3) is 0 Å². The summed E-state index contributed by atoms with van der Waals surface area (Å²) >= 11 is 9.10. The Kier molecular flexibility index (Phi) is 16.5. The lowest BCUT2D eigenvalue weighted by Crippen LogP contribution is -2.12. The molecule has 0 heterocycles. The monoisotopic (exact) mass is 518 g/mol. The van der Waals surface area contributed by atoms with Crippen LogP contribution in [0.2, 0.25) is 0 Å². The van der Waals surface area contributed by atoms with Gasteiger partial charge in [-0.2, -0.15) is 0 Å². The van der Waals surface area contributed by atoms with E-state index >= 15 is 0 Å². The third-order valence-electron chi connectivity index (χ3n) is 4.33. The van der Waals surface area contributed by atoms with E-state index in [1.165, 1.54) is 11.1 Å². The summed E-state index contributed by atoms with van der Waals surface area (Å²) in [5.41, 5.74) is 15.1. The number of hydrogen-bond acceptors (Lipinski definition) is 4. The lowest BCUT2D eigenvalue weighted by Gasteiger charge is -2.01. The highest BCUT2D eigenvalue weighted by molar-refractivity contribution is 7.80. The van der Waals surface area contributed by atoms with E-state index in [4.69, 9.17) is 20.9 Å². The summed E-state index contributed by atoms with van der Waals surface area (Å²) in [5, 5.41) is 0.183. The number of aryl methyl sites for hydroxylation is 2. The Morgan fingerprint density at radius 3 is 0.944 bits per heavy atom. The van der Waals surface area contributed by atoms with E-state index < -0.39 is 0 Å². The first kappa shape index (κ1) is 30.3. The summed E-state index contributed by atoms with van der Waals surface area (Å²) in [5.74, 6) is 0. The van der Waals surface area contributed by atoms with Crippen LogP contribution >= 0.6 is 24.4 Å². The Hall–Kier alpha value is -3.74. The molecule has 0 fully saturated rings. The second-order valence-electron chi connectivity index (χ2n) is 7.50. The maximum absolute atomic E-state index is 5.15. The molecular weight excluding hydrogens is 484 g/mol. The van der Waals surface area contributed by atoms with Crippen molar-refractivity contribution >= 4 is 34.8 Å². The smallest absolute Gasteiger partial charge is 0.254 e. The van der Waals surface area contributed by atoms with Crippen LogP contribution in [0.15, 0.2) is 121 Å². The zero-order chi connectivity index (χ0) is 26.4. The molecule has 4 aromatic carbocycles. The van der Waals surface area contributed by atoms with E-state index in [2.05, 4.69) is 62.5 Å². The van der Waals surface area contributed by atoms with Gasteiger partial charge in [0.25, 0.3) is 10.3 Å². The van der Waals surface area contributed by atoms with Crippen molar-refractivity contribution in [1.29, 1.82) is 0 Å². The molecule has 0 aliphatic heterocycles.